The van der Waals surface area contributed by atoms with Crippen LogP contribution in [-0.2, 0) is 6.61 Å². The van der Waals surface area contributed by atoms with Gasteiger partial charge in [-0.2, -0.15) is 0 Å². The molecule has 3 aromatic carbocycles. The number of hydrogen-bond acceptors (Lipinski definition) is 3. The Bertz CT molecular complexity index is 1130. The second kappa shape index (κ2) is 7.90. The van der Waals surface area contributed by atoms with E-state index in [1.54, 1.807) is 55.5 Å². The van der Waals surface area contributed by atoms with Crippen LogP contribution >= 0.6 is 23.2 Å². The van der Waals surface area contributed by atoms with Crippen molar-refractivity contribution < 1.29 is 18.7 Å². The number of carbonyl (C=O) groups is 1. The molecule has 0 aliphatic carbocycles. The van der Waals surface area contributed by atoms with Gasteiger partial charge < -0.3 is 9.47 Å². The summed E-state index contributed by atoms with van der Waals surface area (Å²) >= 11 is 12.4. The summed E-state index contributed by atoms with van der Waals surface area (Å²) in [7, 11) is 0. The monoisotopic (exact) mass is 428 g/mol. The average molecular weight is 429 g/mol. The minimum Gasteiger partial charge on any atom is -0.489 e. The van der Waals surface area contributed by atoms with Crippen LogP contribution in [0.4, 0.5) is 4.39 Å². The van der Waals surface area contributed by atoms with E-state index in [9.17, 15) is 9.18 Å². The van der Waals surface area contributed by atoms with E-state index in [1.807, 2.05) is 0 Å². The number of rotatable bonds is 4. The Balaban J connectivity index is 1.62. The number of ether oxygens (including phenoxy) is 2. The van der Waals surface area contributed by atoms with Gasteiger partial charge in [-0.25, -0.2) is 4.39 Å². The molecule has 0 spiro atoms. The molecule has 0 saturated heterocycles. The van der Waals surface area contributed by atoms with Crippen LogP contribution in [0.5, 0.6) is 11.5 Å². The summed E-state index contributed by atoms with van der Waals surface area (Å²) in [5.74, 6) is 0.402. The number of Topliss-reactive ketones (excluding diaryl/α,β-unsaturated/α-hetero) is 1. The second-order valence-electron chi connectivity index (χ2n) is 6.57. The lowest BCUT2D eigenvalue weighted by atomic mass is 10.0. The summed E-state index contributed by atoms with van der Waals surface area (Å²) in [6.45, 7) is 1.86. The zero-order chi connectivity index (χ0) is 20.5. The predicted molar refractivity (Wildman–Crippen MR) is 111 cm³/mol. The number of fused-ring (bicyclic) bond motifs is 1. The van der Waals surface area contributed by atoms with Crippen LogP contribution < -0.4 is 9.47 Å². The molecule has 0 bridgehead atoms. The van der Waals surface area contributed by atoms with Gasteiger partial charge in [-0.3, -0.25) is 4.79 Å². The van der Waals surface area contributed by atoms with Crippen molar-refractivity contribution in [2.45, 2.75) is 13.5 Å². The fraction of sp³-hybridized carbons (Fsp3) is 0.0870. The van der Waals surface area contributed by atoms with Gasteiger partial charge >= 0.3 is 0 Å². The quantitative estimate of drug-likeness (QED) is 0.437. The lowest BCUT2D eigenvalue weighted by Gasteiger charge is -2.09. The van der Waals surface area contributed by atoms with Crippen molar-refractivity contribution in [3.8, 4) is 11.5 Å². The highest BCUT2D eigenvalue weighted by atomic mass is 35.5. The van der Waals surface area contributed by atoms with Crippen molar-refractivity contribution in [1.82, 2.24) is 0 Å². The van der Waals surface area contributed by atoms with Crippen molar-refractivity contribution in [1.29, 1.82) is 0 Å². The van der Waals surface area contributed by atoms with Crippen LogP contribution in [0.25, 0.3) is 6.08 Å². The van der Waals surface area contributed by atoms with Crippen molar-refractivity contribution >= 4 is 35.1 Å². The van der Waals surface area contributed by atoms with Crippen LogP contribution in [0.15, 0.2) is 60.4 Å². The lowest BCUT2D eigenvalue weighted by molar-refractivity contribution is 0.101. The van der Waals surface area contributed by atoms with Gasteiger partial charge in [-0.1, -0.05) is 47.5 Å². The van der Waals surface area contributed by atoms with E-state index in [0.29, 0.717) is 43.8 Å². The molecular weight excluding hydrogens is 414 g/mol. The van der Waals surface area contributed by atoms with Crippen LogP contribution in [0.2, 0.25) is 10.0 Å². The first-order valence-corrected chi connectivity index (χ1v) is 9.59. The number of hydrogen-bond donors (Lipinski definition) is 0. The van der Waals surface area contributed by atoms with E-state index in [-0.39, 0.29) is 24.0 Å². The Hall–Kier alpha value is -2.82. The smallest absolute Gasteiger partial charge is 0.232 e. The number of ketones is 1. The van der Waals surface area contributed by atoms with Gasteiger partial charge in [-0.05, 0) is 42.8 Å². The minimum atomic E-state index is -0.335. The van der Waals surface area contributed by atoms with Crippen LogP contribution in [0.3, 0.4) is 0 Å². The third-order valence-electron chi connectivity index (χ3n) is 4.57. The Morgan fingerprint density at radius 1 is 1.07 bits per heavy atom. The molecule has 0 N–H and O–H groups in total. The van der Waals surface area contributed by atoms with Gasteiger partial charge in [0.1, 0.15) is 23.9 Å². The average Bonchev–Trinajstić information content (AvgIpc) is 3.00. The molecule has 0 atom stereocenters. The maximum Gasteiger partial charge on any atom is 0.232 e. The van der Waals surface area contributed by atoms with Gasteiger partial charge in [0, 0.05) is 27.2 Å². The van der Waals surface area contributed by atoms with Gasteiger partial charge in [0.15, 0.2) is 5.76 Å². The summed E-state index contributed by atoms with van der Waals surface area (Å²) < 4.78 is 25.3. The Labute approximate surface area is 177 Å². The molecule has 0 saturated carbocycles. The molecule has 0 fully saturated rings. The first kappa shape index (κ1) is 19.5. The standard InChI is InChI=1S/C23H15Cl2FO3/c1-13-9-15(28-12-14-5-2-3-8-19(14)26)10-20-22(13)23(27)21(29-20)11-16-17(24)6-4-7-18(16)25/h2-11H,12H2,1H3/b21-11-. The Kier molecular flexibility index (Phi) is 5.31. The summed E-state index contributed by atoms with van der Waals surface area (Å²) in [5, 5.41) is 0.839. The highest BCUT2D eigenvalue weighted by Gasteiger charge is 2.30. The normalized spacial score (nSPS) is 14.1. The molecular formula is C23H15Cl2FO3. The van der Waals surface area contributed by atoms with Crippen molar-refractivity contribution in [3.63, 3.8) is 0 Å². The molecule has 0 aromatic heterocycles. The predicted octanol–water partition coefficient (Wildman–Crippen LogP) is 6.64. The molecule has 29 heavy (non-hydrogen) atoms. The largest absolute Gasteiger partial charge is 0.489 e. The SMILES string of the molecule is Cc1cc(OCc2ccccc2F)cc2c1C(=O)/C(=C/c1c(Cl)cccc1Cl)O2. The van der Waals surface area contributed by atoms with Gasteiger partial charge in [0.2, 0.25) is 5.78 Å². The molecule has 1 aliphatic rings. The van der Waals surface area contributed by atoms with E-state index in [4.69, 9.17) is 32.7 Å². The highest BCUT2D eigenvalue weighted by molar-refractivity contribution is 6.37. The zero-order valence-corrected chi connectivity index (χ0v) is 16.9. The maximum absolute atomic E-state index is 13.8. The number of halogens is 3. The topological polar surface area (TPSA) is 35.5 Å². The van der Waals surface area contributed by atoms with Gasteiger partial charge in [-0.15, -0.1) is 0 Å². The number of aryl methyl sites for hydroxylation is 1. The van der Waals surface area contributed by atoms with Crippen LogP contribution in [0, 0.1) is 12.7 Å². The van der Waals surface area contributed by atoms with Crippen molar-refractivity contribution in [3.05, 3.63) is 98.5 Å². The molecule has 0 radical (unpaired) electrons. The summed E-state index contributed by atoms with van der Waals surface area (Å²) in [6.07, 6.45) is 1.53. The molecule has 146 valence electrons. The lowest BCUT2D eigenvalue weighted by Crippen LogP contribution is -2.01. The minimum absolute atomic E-state index is 0.0662. The van der Waals surface area contributed by atoms with Crippen molar-refractivity contribution in [2.75, 3.05) is 0 Å². The van der Waals surface area contributed by atoms with E-state index >= 15 is 0 Å². The fourth-order valence-corrected chi connectivity index (χ4v) is 3.62. The second-order valence-corrected chi connectivity index (χ2v) is 7.38. The third kappa shape index (κ3) is 3.86. The number of allylic oxidation sites excluding steroid dienone is 1. The van der Waals surface area contributed by atoms with Crippen LogP contribution in [-0.4, -0.2) is 5.78 Å². The molecule has 0 amide bonds. The van der Waals surface area contributed by atoms with Crippen molar-refractivity contribution in [2.24, 2.45) is 0 Å². The Morgan fingerprint density at radius 3 is 2.52 bits per heavy atom. The fourth-order valence-electron chi connectivity index (χ4n) is 3.12. The number of carbonyl (C=O) groups excluding carboxylic acids is 1. The van der Waals surface area contributed by atoms with E-state index in [2.05, 4.69) is 0 Å². The summed E-state index contributed by atoms with van der Waals surface area (Å²) in [5.41, 5.74) is 2.11. The molecule has 1 heterocycles. The van der Waals surface area contributed by atoms with E-state index < -0.39 is 0 Å². The van der Waals surface area contributed by atoms with Gasteiger partial charge in [0.25, 0.3) is 0 Å². The first-order chi connectivity index (χ1) is 13.9. The number of benzene rings is 3. The molecule has 3 aromatic rings. The molecule has 1 aliphatic heterocycles. The Morgan fingerprint density at radius 2 is 1.79 bits per heavy atom. The molecule has 3 nitrogen and oxygen atoms in total. The van der Waals surface area contributed by atoms with Gasteiger partial charge in [0.05, 0.1) is 5.56 Å². The highest BCUT2D eigenvalue weighted by Crippen LogP contribution is 2.39. The summed E-state index contributed by atoms with van der Waals surface area (Å²) in [4.78, 5) is 12.8. The van der Waals surface area contributed by atoms with E-state index in [1.165, 1.54) is 12.1 Å². The first-order valence-electron chi connectivity index (χ1n) is 8.83. The maximum atomic E-state index is 13.8. The zero-order valence-electron chi connectivity index (χ0n) is 15.3. The summed E-state index contributed by atoms with van der Waals surface area (Å²) in [6, 6.07) is 14.9. The molecule has 4 rings (SSSR count). The molecule has 6 heteroatoms. The van der Waals surface area contributed by atoms with Crippen LogP contribution in [0.1, 0.15) is 27.0 Å². The third-order valence-corrected chi connectivity index (χ3v) is 5.23. The van der Waals surface area contributed by atoms with E-state index in [0.717, 1.165) is 0 Å². The molecule has 0 unspecified atom stereocenters.